The van der Waals surface area contributed by atoms with Crippen molar-refractivity contribution in [1.82, 2.24) is 19.7 Å². The van der Waals surface area contributed by atoms with E-state index < -0.39 is 18.0 Å². The third kappa shape index (κ3) is 5.49. The Morgan fingerprint density at radius 1 is 0.971 bits per heavy atom. The van der Waals surface area contributed by atoms with Crippen LogP contribution in [0.4, 0.5) is 18.9 Å². The third-order valence-electron chi connectivity index (χ3n) is 4.79. The minimum absolute atomic E-state index is 0.0146. The number of halogens is 3. The largest absolute Gasteiger partial charge is 0.573 e. The lowest BCUT2D eigenvalue weighted by Crippen LogP contribution is -2.18. The molecule has 0 spiro atoms. The van der Waals surface area contributed by atoms with Gasteiger partial charge in [-0.2, -0.15) is 0 Å². The van der Waals surface area contributed by atoms with Crippen molar-refractivity contribution >= 4 is 11.6 Å². The summed E-state index contributed by atoms with van der Waals surface area (Å²) in [6.45, 7) is 3.84. The van der Waals surface area contributed by atoms with Crippen molar-refractivity contribution in [3.8, 4) is 23.2 Å². The first-order valence-corrected chi connectivity index (χ1v) is 9.98. The van der Waals surface area contributed by atoms with Crippen LogP contribution in [0.3, 0.4) is 0 Å². The van der Waals surface area contributed by atoms with Crippen LogP contribution in [0.2, 0.25) is 0 Å². The molecule has 0 saturated carbocycles. The fourth-order valence-electron chi connectivity index (χ4n) is 2.99. The van der Waals surface area contributed by atoms with Crippen molar-refractivity contribution in [1.29, 1.82) is 0 Å². The van der Waals surface area contributed by atoms with Crippen LogP contribution in [0.15, 0.2) is 67.0 Å². The van der Waals surface area contributed by atoms with E-state index in [0.29, 0.717) is 17.3 Å². The molecule has 1 amide bonds. The van der Waals surface area contributed by atoms with Crippen LogP contribution in [0.1, 0.15) is 21.7 Å². The number of rotatable bonds is 6. The average Bonchev–Trinajstić information content (AvgIpc) is 3.13. The Hall–Kier alpha value is -4.41. The van der Waals surface area contributed by atoms with E-state index in [1.165, 1.54) is 12.1 Å². The number of alkyl halides is 3. The molecule has 4 rings (SSSR count). The highest BCUT2D eigenvalue weighted by Gasteiger charge is 2.31. The molecule has 8 nitrogen and oxygen atoms in total. The normalized spacial score (nSPS) is 11.2. The molecular formula is C23H18F3N5O3. The number of aromatic nitrogens is 4. The van der Waals surface area contributed by atoms with E-state index in [0.717, 1.165) is 23.5 Å². The lowest BCUT2D eigenvalue weighted by atomic mass is 10.2. The van der Waals surface area contributed by atoms with Gasteiger partial charge in [-0.25, -0.2) is 4.98 Å². The van der Waals surface area contributed by atoms with Crippen molar-refractivity contribution < 1.29 is 27.4 Å². The first-order chi connectivity index (χ1) is 16.2. The van der Waals surface area contributed by atoms with E-state index in [4.69, 9.17) is 4.74 Å². The number of imidazole rings is 1. The van der Waals surface area contributed by atoms with Crippen LogP contribution in [0, 0.1) is 13.8 Å². The number of amides is 1. The number of nitrogens with one attached hydrogen (secondary N) is 1. The maximum Gasteiger partial charge on any atom is 0.573 e. The number of hydrogen-bond donors (Lipinski definition) is 1. The highest BCUT2D eigenvalue weighted by atomic mass is 19.4. The van der Waals surface area contributed by atoms with Gasteiger partial charge in [0.15, 0.2) is 5.82 Å². The Morgan fingerprint density at radius 3 is 2.35 bits per heavy atom. The monoisotopic (exact) mass is 469 g/mol. The van der Waals surface area contributed by atoms with Crippen LogP contribution >= 0.6 is 0 Å². The van der Waals surface area contributed by atoms with Gasteiger partial charge in [0, 0.05) is 23.0 Å². The maximum absolute atomic E-state index is 12.4. The van der Waals surface area contributed by atoms with Crippen LogP contribution in [0.25, 0.3) is 5.82 Å². The molecule has 0 aliphatic rings. The van der Waals surface area contributed by atoms with Gasteiger partial charge >= 0.3 is 6.36 Å². The third-order valence-corrected chi connectivity index (χ3v) is 4.79. The quantitative estimate of drug-likeness (QED) is 0.416. The average molecular weight is 469 g/mol. The van der Waals surface area contributed by atoms with Gasteiger partial charge in [0.2, 0.25) is 5.88 Å². The van der Waals surface area contributed by atoms with Gasteiger partial charge in [0.05, 0.1) is 5.69 Å². The summed E-state index contributed by atoms with van der Waals surface area (Å²) in [4.78, 5) is 16.6. The maximum atomic E-state index is 12.4. The Labute approximate surface area is 192 Å². The van der Waals surface area contributed by atoms with Crippen LogP contribution in [-0.4, -0.2) is 32.0 Å². The Kier molecular flexibility index (Phi) is 6.17. The molecule has 0 unspecified atom stereocenters. The minimum Gasteiger partial charge on any atom is -0.438 e. The number of benzene rings is 2. The van der Waals surface area contributed by atoms with E-state index in [-0.39, 0.29) is 11.4 Å². The van der Waals surface area contributed by atoms with E-state index >= 15 is 0 Å². The van der Waals surface area contributed by atoms with Gasteiger partial charge < -0.3 is 14.8 Å². The summed E-state index contributed by atoms with van der Waals surface area (Å²) in [6, 6.07) is 14.6. The first kappa shape index (κ1) is 22.8. The van der Waals surface area contributed by atoms with Crippen molar-refractivity contribution in [2.75, 3.05) is 5.32 Å². The molecule has 11 heteroatoms. The molecule has 2 heterocycles. The molecule has 0 saturated heterocycles. The van der Waals surface area contributed by atoms with Crippen molar-refractivity contribution in [3.63, 3.8) is 0 Å². The van der Waals surface area contributed by atoms with E-state index in [1.54, 1.807) is 42.7 Å². The predicted molar refractivity (Wildman–Crippen MR) is 116 cm³/mol. The minimum atomic E-state index is -4.84. The van der Waals surface area contributed by atoms with E-state index in [9.17, 15) is 18.0 Å². The van der Waals surface area contributed by atoms with Gasteiger partial charge in [-0.1, -0.05) is 6.07 Å². The number of anilines is 1. The van der Waals surface area contributed by atoms with Gasteiger partial charge in [-0.05, 0) is 62.4 Å². The second kappa shape index (κ2) is 9.22. The zero-order valence-electron chi connectivity index (χ0n) is 18.0. The Bertz CT molecular complexity index is 1300. The number of aryl methyl sites for hydroxylation is 1. The summed E-state index contributed by atoms with van der Waals surface area (Å²) in [5, 5.41) is 10.8. The molecule has 0 aliphatic carbocycles. The fraction of sp³-hybridized carbons (Fsp3) is 0.130. The fourth-order valence-corrected chi connectivity index (χ4v) is 2.99. The van der Waals surface area contributed by atoms with Crippen molar-refractivity contribution in [2.45, 2.75) is 20.2 Å². The molecule has 174 valence electrons. The van der Waals surface area contributed by atoms with Crippen molar-refractivity contribution in [2.24, 2.45) is 0 Å². The molecule has 0 radical (unpaired) electrons. The van der Waals surface area contributed by atoms with Crippen LogP contribution in [0.5, 0.6) is 17.4 Å². The van der Waals surface area contributed by atoms with Crippen molar-refractivity contribution in [3.05, 3.63) is 83.9 Å². The van der Waals surface area contributed by atoms with E-state index in [2.05, 4.69) is 25.2 Å². The molecule has 0 aliphatic heterocycles. The molecule has 4 aromatic rings. The summed E-state index contributed by atoms with van der Waals surface area (Å²) >= 11 is 0. The predicted octanol–water partition coefficient (Wildman–Crippen LogP) is 5.22. The first-order valence-electron chi connectivity index (χ1n) is 9.98. The zero-order chi connectivity index (χ0) is 24.3. The summed E-state index contributed by atoms with van der Waals surface area (Å²) < 4.78 is 48.5. The number of hydrogen-bond acceptors (Lipinski definition) is 6. The summed E-state index contributed by atoms with van der Waals surface area (Å²) in [5.74, 6) is 0.266. The van der Waals surface area contributed by atoms with Crippen LogP contribution < -0.4 is 14.8 Å². The zero-order valence-corrected chi connectivity index (χ0v) is 18.0. The molecule has 0 bridgehead atoms. The van der Waals surface area contributed by atoms with Gasteiger partial charge in [-0.15, -0.1) is 23.4 Å². The molecule has 1 N–H and O–H groups in total. The number of carbonyl (C=O) groups excluding carboxylic acids is 1. The van der Waals surface area contributed by atoms with Gasteiger partial charge in [-0.3, -0.25) is 9.36 Å². The lowest BCUT2D eigenvalue weighted by Gasteiger charge is -2.11. The molecule has 2 aromatic heterocycles. The molecule has 34 heavy (non-hydrogen) atoms. The molecule has 2 aromatic carbocycles. The SMILES string of the molecule is Cc1ncn(-c2ccc(Oc3ccc(NC(=O)c4cccc(OC(F)(F)F)c4)cc3)nn2)c1C. The second-order valence-electron chi connectivity index (χ2n) is 7.17. The Balaban J connectivity index is 1.38. The summed E-state index contributed by atoms with van der Waals surface area (Å²) in [7, 11) is 0. The molecule has 0 fully saturated rings. The van der Waals surface area contributed by atoms with Gasteiger partial charge in [0.1, 0.15) is 17.8 Å². The lowest BCUT2D eigenvalue weighted by molar-refractivity contribution is -0.274. The topological polar surface area (TPSA) is 91.2 Å². The summed E-state index contributed by atoms with van der Waals surface area (Å²) in [5.41, 5.74) is 2.30. The van der Waals surface area contributed by atoms with Gasteiger partial charge in [0.25, 0.3) is 5.91 Å². The number of nitrogens with zero attached hydrogens (tertiary/aromatic N) is 4. The second-order valence-corrected chi connectivity index (χ2v) is 7.17. The number of carbonyl (C=O) groups is 1. The number of ether oxygens (including phenoxy) is 2. The smallest absolute Gasteiger partial charge is 0.438 e. The van der Waals surface area contributed by atoms with E-state index in [1.807, 2.05) is 18.4 Å². The molecular weight excluding hydrogens is 451 g/mol. The highest BCUT2D eigenvalue weighted by molar-refractivity contribution is 6.04. The Morgan fingerprint density at radius 2 is 1.74 bits per heavy atom. The standard InChI is InChI=1S/C23H18F3N5O3/c1-14-15(2)31(13-27-14)20-10-11-21(30-29-20)33-18-8-6-17(7-9-18)28-22(32)16-4-3-5-19(12-16)34-23(24,25)26/h3-13H,1-2H3,(H,28,32). The molecule has 0 atom stereocenters. The highest BCUT2D eigenvalue weighted by Crippen LogP contribution is 2.25. The van der Waals surface area contributed by atoms with Crippen LogP contribution in [-0.2, 0) is 0 Å². The summed E-state index contributed by atoms with van der Waals surface area (Å²) in [6.07, 6.45) is -3.17.